The van der Waals surface area contributed by atoms with Gasteiger partial charge < -0.3 is 5.32 Å². The highest BCUT2D eigenvalue weighted by Gasteiger charge is 2.22. The first kappa shape index (κ1) is 13.3. The number of nitrogens with one attached hydrogen (secondary N) is 1. The van der Waals surface area contributed by atoms with E-state index in [1.807, 2.05) is 10.9 Å². The van der Waals surface area contributed by atoms with Crippen molar-refractivity contribution in [1.82, 2.24) is 15.1 Å². The van der Waals surface area contributed by atoms with Crippen LogP contribution in [0.25, 0.3) is 5.69 Å². The predicted molar refractivity (Wildman–Crippen MR) is 77.5 cm³/mol. The van der Waals surface area contributed by atoms with Gasteiger partial charge in [-0.1, -0.05) is 13.3 Å². The number of nitrogens with zero attached hydrogens (tertiary/aromatic N) is 2. The Labute approximate surface area is 118 Å². The molecule has 1 N–H and O–H groups in total. The van der Waals surface area contributed by atoms with E-state index in [1.54, 1.807) is 12.1 Å². The van der Waals surface area contributed by atoms with Crippen LogP contribution in [0.15, 0.2) is 30.5 Å². The maximum absolute atomic E-state index is 13.1. The molecule has 1 aromatic carbocycles. The van der Waals surface area contributed by atoms with Crippen LogP contribution >= 0.6 is 0 Å². The second-order valence-electron chi connectivity index (χ2n) is 5.29. The highest BCUT2D eigenvalue weighted by atomic mass is 19.1. The van der Waals surface area contributed by atoms with Crippen LogP contribution in [-0.2, 0) is 6.42 Å². The summed E-state index contributed by atoms with van der Waals surface area (Å²) in [6.07, 6.45) is 6.58. The Morgan fingerprint density at radius 1 is 1.30 bits per heavy atom. The molecule has 20 heavy (non-hydrogen) atoms. The zero-order valence-corrected chi connectivity index (χ0v) is 11.8. The molecule has 0 aliphatic heterocycles. The maximum atomic E-state index is 13.1. The maximum Gasteiger partial charge on any atom is 0.123 e. The van der Waals surface area contributed by atoms with E-state index in [2.05, 4.69) is 17.3 Å². The molecule has 0 bridgehead atoms. The molecule has 1 unspecified atom stereocenters. The Bertz CT molecular complexity index is 574. The first-order valence-electron chi connectivity index (χ1n) is 7.35. The minimum Gasteiger partial charge on any atom is -0.310 e. The lowest BCUT2D eigenvalue weighted by atomic mass is 10.1. The summed E-state index contributed by atoms with van der Waals surface area (Å²) < 4.78 is 15.0. The number of halogens is 1. The lowest BCUT2D eigenvalue weighted by Gasteiger charge is -2.15. The van der Waals surface area contributed by atoms with Crippen molar-refractivity contribution < 1.29 is 4.39 Å². The van der Waals surface area contributed by atoms with Crippen molar-refractivity contribution in [3.05, 3.63) is 47.5 Å². The summed E-state index contributed by atoms with van der Waals surface area (Å²) in [5, 5.41) is 8.07. The molecule has 0 amide bonds. The van der Waals surface area contributed by atoms with E-state index in [0.29, 0.717) is 6.04 Å². The summed E-state index contributed by atoms with van der Waals surface area (Å²) in [6.45, 7) is 3.10. The van der Waals surface area contributed by atoms with Gasteiger partial charge in [-0.25, -0.2) is 9.07 Å². The Morgan fingerprint density at radius 3 is 2.85 bits per heavy atom. The van der Waals surface area contributed by atoms with Gasteiger partial charge in [0.2, 0.25) is 0 Å². The molecule has 3 rings (SSSR count). The summed E-state index contributed by atoms with van der Waals surface area (Å²) in [4.78, 5) is 0. The quantitative estimate of drug-likeness (QED) is 0.869. The molecule has 106 valence electrons. The molecule has 3 nitrogen and oxygen atoms in total. The zero-order chi connectivity index (χ0) is 13.9. The van der Waals surface area contributed by atoms with Crippen LogP contribution in [0.3, 0.4) is 0 Å². The van der Waals surface area contributed by atoms with Gasteiger partial charge in [0.05, 0.1) is 11.9 Å². The number of hydrogen-bond acceptors (Lipinski definition) is 2. The van der Waals surface area contributed by atoms with Gasteiger partial charge in [0.25, 0.3) is 0 Å². The third-order valence-corrected chi connectivity index (χ3v) is 3.95. The Kier molecular flexibility index (Phi) is 3.83. The molecular formula is C16H20FN3. The minimum atomic E-state index is -0.211. The Hall–Kier alpha value is -1.68. The van der Waals surface area contributed by atoms with Gasteiger partial charge in [0, 0.05) is 17.3 Å². The van der Waals surface area contributed by atoms with Crippen molar-refractivity contribution in [1.29, 1.82) is 0 Å². The van der Waals surface area contributed by atoms with Gasteiger partial charge in [-0.3, -0.25) is 0 Å². The third-order valence-electron chi connectivity index (χ3n) is 3.95. The Balaban J connectivity index is 2.00. The molecule has 0 radical (unpaired) electrons. The number of hydrogen-bond donors (Lipinski definition) is 1. The SMILES string of the molecule is CCNC1CCCCc2c1cnn2-c1ccc(F)cc1. The molecule has 1 atom stereocenters. The summed E-state index contributed by atoms with van der Waals surface area (Å²) >= 11 is 0. The summed E-state index contributed by atoms with van der Waals surface area (Å²) in [5.41, 5.74) is 3.50. The van der Waals surface area contributed by atoms with Gasteiger partial charge in [-0.15, -0.1) is 0 Å². The molecule has 1 heterocycles. The second-order valence-corrected chi connectivity index (χ2v) is 5.29. The summed E-state index contributed by atoms with van der Waals surface area (Å²) in [6, 6.07) is 6.95. The smallest absolute Gasteiger partial charge is 0.123 e. The van der Waals surface area contributed by atoms with Gasteiger partial charge in [-0.05, 0) is 50.1 Å². The van der Waals surface area contributed by atoms with Crippen LogP contribution in [0.5, 0.6) is 0 Å². The second kappa shape index (κ2) is 5.75. The average Bonchev–Trinajstić information content (AvgIpc) is 2.77. The third kappa shape index (κ3) is 2.48. The van der Waals surface area contributed by atoms with Crippen LogP contribution in [-0.4, -0.2) is 16.3 Å². The van der Waals surface area contributed by atoms with Gasteiger partial charge in [0.15, 0.2) is 0 Å². The molecule has 0 saturated heterocycles. The van der Waals surface area contributed by atoms with Crippen molar-refractivity contribution in [2.45, 2.75) is 38.6 Å². The molecule has 2 aromatic rings. The molecule has 1 aliphatic rings. The van der Waals surface area contributed by atoms with Crippen LogP contribution in [0.2, 0.25) is 0 Å². The van der Waals surface area contributed by atoms with Crippen LogP contribution in [0.4, 0.5) is 4.39 Å². The normalized spacial score (nSPS) is 18.6. The molecule has 0 saturated carbocycles. The fourth-order valence-corrected chi connectivity index (χ4v) is 2.99. The lowest BCUT2D eigenvalue weighted by molar-refractivity contribution is 0.503. The van der Waals surface area contributed by atoms with Crippen molar-refractivity contribution in [2.24, 2.45) is 0 Å². The van der Waals surface area contributed by atoms with Gasteiger partial charge in [-0.2, -0.15) is 5.10 Å². The summed E-state index contributed by atoms with van der Waals surface area (Å²) in [7, 11) is 0. The molecule has 4 heteroatoms. The lowest BCUT2D eigenvalue weighted by Crippen LogP contribution is -2.20. The average molecular weight is 273 g/mol. The largest absolute Gasteiger partial charge is 0.310 e. The van der Waals surface area contributed by atoms with Crippen molar-refractivity contribution in [2.75, 3.05) is 6.54 Å². The molecule has 1 aromatic heterocycles. The van der Waals surface area contributed by atoms with Crippen molar-refractivity contribution in [3.8, 4) is 5.69 Å². The van der Waals surface area contributed by atoms with Gasteiger partial charge >= 0.3 is 0 Å². The van der Waals surface area contributed by atoms with E-state index in [1.165, 1.54) is 36.2 Å². The number of rotatable bonds is 3. The zero-order valence-electron chi connectivity index (χ0n) is 11.8. The molecule has 0 spiro atoms. The van der Waals surface area contributed by atoms with Crippen LogP contribution < -0.4 is 5.32 Å². The van der Waals surface area contributed by atoms with Crippen molar-refractivity contribution >= 4 is 0 Å². The minimum absolute atomic E-state index is 0.211. The van der Waals surface area contributed by atoms with E-state index in [9.17, 15) is 4.39 Å². The standard InChI is InChI=1S/C16H20FN3/c1-2-18-15-5-3-4-6-16-14(15)11-19-20(16)13-9-7-12(17)8-10-13/h7-11,15,18H,2-6H2,1H3. The number of benzene rings is 1. The van der Waals surface area contributed by atoms with Crippen LogP contribution in [0.1, 0.15) is 43.5 Å². The first-order valence-corrected chi connectivity index (χ1v) is 7.35. The van der Waals surface area contributed by atoms with Crippen molar-refractivity contribution in [3.63, 3.8) is 0 Å². The summed E-state index contributed by atoms with van der Waals surface area (Å²) in [5.74, 6) is -0.211. The predicted octanol–water partition coefficient (Wildman–Crippen LogP) is 3.39. The van der Waals surface area contributed by atoms with E-state index in [0.717, 1.165) is 25.1 Å². The molecular weight excluding hydrogens is 253 g/mol. The molecule has 1 aliphatic carbocycles. The number of fused-ring (bicyclic) bond motifs is 1. The van der Waals surface area contributed by atoms with E-state index >= 15 is 0 Å². The fraction of sp³-hybridized carbons (Fsp3) is 0.438. The van der Waals surface area contributed by atoms with Crippen LogP contribution in [0, 0.1) is 5.82 Å². The van der Waals surface area contributed by atoms with E-state index < -0.39 is 0 Å². The Morgan fingerprint density at radius 2 is 2.10 bits per heavy atom. The highest BCUT2D eigenvalue weighted by molar-refractivity contribution is 5.36. The van der Waals surface area contributed by atoms with E-state index in [-0.39, 0.29) is 5.82 Å². The topological polar surface area (TPSA) is 29.9 Å². The monoisotopic (exact) mass is 273 g/mol. The fourth-order valence-electron chi connectivity index (χ4n) is 2.99. The first-order chi connectivity index (χ1) is 9.79. The highest BCUT2D eigenvalue weighted by Crippen LogP contribution is 2.29. The van der Waals surface area contributed by atoms with E-state index in [4.69, 9.17) is 0 Å². The number of aromatic nitrogens is 2. The molecule has 0 fully saturated rings. The van der Waals surface area contributed by atoms with Gasteiger partial charge in [0.1, 0.15) is 5.82 Å².